The number of nitrogens with zero attached hydrogens (tertiary/aromatic N) is 2. The van der Waals surface area contributed by atoms with Crippen molar-refractivity contribution in [3.05, 3.63) is 11.7 Å². The first-order valence-corrected chi connectivity index (χ1v) is 3.24. The highest BCUT2D eigenvalue weighted by Crippen LogP contribution is 2.27. The van der Waals surface area contributed by atoms with Crippen molar-refractivity contribution in [2.24, 2.45) is 5.73 Å². The quantitative estimate of drug-likeness (QED) is 0.701. The Morgan fingerprint density at radius 3 is 2.54 bits per heavy atom. The summed E-state index contributed by atoms with van der Waals surface area (Å²) in [5, 5.41) is 11.5. The van der Waals surface area contributed by atoms with E-state index in [-0.39, 0.29) is 6.54 Å². The van der Waals surface area contributed by atoms with Gasteiger partial charge in [0.2, 0.25) is 0 Å². The smallest absolute Gasteiger partial charge is 0.382 e. The van der Waals surface area contributed by atoms with Gasteiger partial charge < -0.3 is 15.4 Å². The van der Waals surface area contributed by atoms with E-state index in [4.69, 9.17) is 10.8 Å². The second-order valence-corrected chi connectivity index (χ2v) is 2.21. The van der Waals surface area contributed by atoms with Gasteiger partial charge in [0, 0.05) is 6.54 Å². The number of rotatable bonds is 2. The Morgan fingerprint density at radius 1 is 1.54 bits per heavy atom. The van der Waals surface area contributed by atoms with Crippen LogP contribution in [-0.4, -0.2) is 21.8 Å². The molecule has 0 saturated carbocycles. The average Bonchev–Trinajstić information content (AvgIpc) is 2.50. The summed E-state index contributed by atoms with van der Waals surface area (Å²) in [6.07, 6.45) is -6.03. The van der Waals surface area contributed by atoms with Crippen LogP contribution in [0.2, 0.25) is 0 Å². The normalized spacial score (nSPS) is 14.5. The number of halogens is 3. The molecule has 0 aliphatic heterocycles. The van der Waals surface area contributed by atoms with Crippen LogP contribution in [0.15, 0.2) is 4.52 Å². The van der Waals surface area contributed by atoms with Crippen LogP contribution in [0.3, 0.4) is 0 Å². The van der Waals surface area contributed by atoms with E-state index in [0.717, 1.165) is 0 Å². The molecule has 0 radical (unpaired) electrons. The summed E-state index contributed by atoms with van der Waals surface area (Å²) >= 11 is 0. The average molecular weight is 197 g/mol. The van der Waals surface area contributed by atoms with E-state index in [2.05, 4.69) is 14.7 Å². The van der Waals surface area contributed by atoms with Gasteiger partial charge in [0.15, 0.2) is 0 Å². The monoisotopic (exact) mass is 197 g/mol. The number of aromatic nitrogens is 2. The van der Waals surface area contributed by atoms with Crippen molar-refractivity contribution in [2.45, 2.75) is 12.3 Å². The summed E-state index contributed by atoms with van der Waals surface area (Å²) in [5.41, 5.74) is 4.96. The summed E-state index contributed by atoms with van der Waals surface area (Å²) < 4.78 is 39.7. The molecule has 1 heterocycles. The van der Waals surface area contributed by atoms with Gasteiger partial charge in [-0.1, -0.05) is 5.16 Å². The summed E-state index contributed by atoms with van der Waals surface area (Å²) in [6.45, 7) is -0.278. The molecule has 0 aliphatic carbocycles. The molecule has 0 aliphatic rings. The van der Waals surface area contributed by atoms with Gasteiger partial charge in [0.1, 0.15) is 6.10 Å². The minimum atomic E-state index is -4.67. The zero-order valence-corrected chi connectivity index (χ0v) is 6.25. The zero-order valence-electron chi connectivity index (χ0n) is 6.25. The van der Waals surface area contributed by atoms with Crippen molar-refractivity contribution in [1.82, 2.24) is 10.1 Å². The van der Waals surface area contributed by atoms with Crippen LogP contribution in [0.5, 0.6) is 0 Å². The fourth-order valence-electron chi connectivity index (χ4n) is 0.587. The lowest BCUT2D eigenvalue weighted by Gasteiger charge is -1.99. The minimum Gasteiger partial charge on any atom is -0.382 e. The molecule has 0 saturated heterocycles. The van der Waals surface area contributed by atoms with Gasteiger partial charge in [-0.25, -0.2) is 0 Å². The van der Waals surface area contributed by atoms with Crippen LogP contribution in [0.4, 0.5) is 13.2 Å². The molecule has 0 unspecified atom stereocenters. The third-order valence-electron chi connectivity index (χ3n) is 1.20. The van der Waals surface area contributed by atoms with Gasteiger partial charge in [-0.05, 0) is 0 Å². The fraction of sp³-hybridized carbons (Fsp3) is 0.600. The Balaban J connectivity index is 2.87. The molecule has 0 aromatic carbocycles. The summed E-state index contributed by atoms with van der Waals surface area (Å²) in [6, 6.07) is 0. The van der Waals surface area contributed by atoms with Crippen LogP contribution >= 0.6 is 0 Å². The fourth-order valence-corrected chi connectivity index (χ4v) is 0.587. The maximum Gasteiger partial charge on any atom is 0.455 e. The minimum absolute atomic E-state index is 0.278. The van der Waals surface area contributed by atoms with Crippen LogP contribution in [0, 0.1) is 0 Å². The van der Waals surface area contributed by atoms with Crippen LogP contribution in [0.25, 0.3) is 0 Å². The maximum absolute atomic E-state index is 11.9. The van der Waals surface area contributed by atoms with Gasteiger partial charge >= 0.3 is 6.18 Å². The Kier molecular flexibility index (Phi) is 2.52. The van der Waals surface area contributed by atoms with Crippen molar-refractivity contribution in [3.8, 4) is 0 Å². The Morgan fingerprint density at radius 2 is 2.15 bits per heavy atom. The molecule has 13 heavy (non-hydrogen) atoms. The van der Waals surface area contributed by atoms with E-state index in [1.165, 1.54) is 0 Å². The van der Waals surface area contributed by atoms with Crippen LogP contribution in [-0.2, 0) is 6.18 Å². The Labute approximate surface area is 70.3 Å². The first-order chi connectivity index (χ1) is 5.95. The van der Waals surface area contributed by atoms with Crippen molar-refractivity contribution in [3.63, 3.8) is 0 Å². The van der Waals surface area contributed by atoms with Gasteiger partial charge in [-0.3, -0.25) is 0 Å². The number of aliphatic hydroxyl groups excluding tert-OH is 1. The highest BCUT2D eigenvalue weighted by atomic mass is 19.4. The zero-order chi connectivity index (χ0) is 10.1. The van der Waals surface area contributed by atoms with Gasteiger partial charge in [0.25, 0.3) is 11.7 Å². The lowest BCUT2D eigenvalue weighted by Crippen LogP contribution is -2.13. The number of hydrogen-bond acceptors (Lipinski definition) is 5. The topological polar surface area (TPSA) is 85.2 Å². The summed E-state index contributed by atoms with van der Waals surface area (Å²) in [5.74, 6) is -1.95. The molecule has 1 aromatic heterocycles. The number of alkyl halides is 3. The molecule has 5 nitrogen and oxygen atoms in total. The van der Waals surface area contributed by atoms with Gasteiger partial charge in [0.05, 0.1) is 0 Å². The third kappa shape index (κ3) is 2.16. The van der Waals surface area contributed by atoms with E-state index in [1.54, 1.807) is 0 Å². The number of nitrogens with two attached hydrogens (primary N) is 1. The number of aliphatic hydroxyl groups is 1. The molecule has 1 atom stereocenters. The first-order valence-electron chi connectivity index (χ1n) is 3.24. The molecule has 1 rings (SSSR count). The van der Waals surface area contributed by atoms with E-state index in [1.807, 2.05) is 0 Å². The Hall–Kier alpha value is -1.15. The standard InChI is InChI=1S/C5H6F3N3O2/c6-5(7,8)4-10-3(13-11-4)2(12)1-9/h2,12H,1,9H2/t2-/m0/s1. The highest BCUT2D eigenvalue weighted by Gasteiger charge is 2.37. The molecule has 8 heteroatoms. The lowest BCUT2D eigenvalue weighted by atomic mass is 10.4. The number of hydrogen-bond donors (Lipinski definition) is 2. The molecule has 74 valence electrons. The summed E-state index contributed by atoms with van der Waals surface area (Å²) in [4.78, 5) is 2.92. The molecular formula is C5H6F3N3O2. The van der Waals surface area contributed by atoms with E-state index < -0.39 is 24.0 Å². The molecule has 0 spiro atoms. The molecular weight excluding hydrogens is 191 g/mol. The Bertz CT molecular complexity index is 285. The largest absolute Gasteiger partial charge is 0.455 e. The molecule has 0 amide bonds. The lowest BCUT2D eigenvalue weighted by molar-refractivity contribution is -0.146. The third-order valence-corrected chi connectivity index (χ3v) is 1.20. The second kappa shape index (κ2) is 3.30. The van der Waals surface area contributed by atoms with Crippen LogP contribution < -0.4 is 5.73 Å². The predicted molar refractivity (Wildman–Crippen MR) is 33.3 cm³/mol. The summed E-state index contributed by atoms with van der Waals surface area (Å²) in [7, 11) is 0. The SMILES string of the molecule is NC[C@H](O)c1nc(C(F)(F)F)no1. The molecule has 3 N–H and O–H groups in total. The highest BCUT2D eigenvalue weighted by molar-refractivity contribution is 4.93. The second-order valence-electron chi connectivity index (χ2n) is 2.21. The van der Waals surface area contributed by atoms with E-state index in [0.29, 0.717) is 0 Å². The van der Waals surface area contributed by atoms with Gasteiger partial charge in [-0.2, -0.15) is 18.2 Å². The van der Waals surface area contributed by atoms with Crippen molar-refractivity contribution < 1.29 is 22.8 Å². The van der Waals surface area contributed by atoms with Gasteiger partial charge in [-0.15, -0.1) is 0 Å². The predicted octanol–water partition coefficient (Wildman–Crippen LogP) is 0.0805. The maximum atomic E-state index is 11.9. The van der Waals surface area contributed by atoms with E-state index in [9.17, 15) is 13.2 Å². The molecule has 0 bridgehead atoms. The van der Waals surface area contributed by atoms with Crippen molar-refractivity contribution in [1.29, 1.82) is 0 Å². The first kappa shape index (κ1) is 9.93. The van der Waals surface area contributed by atoms with E-state index >= 15 is 0 Å². The molecule has 1 aromatic rings. The van der Waals surface area contributed by atoms with Crippen molar-refractivity contribution in [2.75, 3.05) is 6.54 Å². The molecule has 0 fully saturated rings. The van der Waals surface area contributed by atoms with Crippen LogP contribution in [0.1, 0.15) is 17.8 Å². The van der Waals surface area contributed by atoms with Crippen molar-refractivity contribution >= 4 is 0 Å².